The van der Waals surface area contributed by atoms with Crippen molar-refractivity contribution in [1.82, 2.24) is 10.2 Å². The summed E-state index contributed by atoms with van der Waals surface area (Å²) in [4.78, 5) is 13.4. The molecule has 1 rings (SSSR count). The number of aliphatic hydroxyl groups is 1. The van der Waals surface area contributed by atoms with Crippen molar-refractivity contribution >= 4 is 17.7 Å². The highest BCUT2D eigenvalue weighted by molar-refractivity contribution is 7.99. The first kappa shape index (κ1) is 12.8. The average molecular weight is 232 g/mol. The van der Waals surface area contributed by atoms with Crippen LogP contribution in [0.15, 0.2) is 0 Å². The number of likely N-dealkylation sites (tertiary alicyclic amines) is 1. The van der Waals surface area contributed by atoms with Crippen molar-refractivity contribution in [2.45, 2.75) is 30.7 Å². The van der Waals surface area contributed by atoms with Crippen molar-refractivity contribution in [3.05, 3.63) is 0 Å². The monoisotopic (exact) mass is 232 g/mol. The van der Waals surface area contributed by atoms with Gasteiger partial charge in [0, 0.05) is 24.9 Å². The second-order valence-electron chi connectivity index (χ2n) is 4.01. The Morgan fingerprint density at radius 1 is 1.73 bits per heavy atom. The van der Waals surface area contributed by atoms with Crippen molar-refractivity contribution in [3.8, 4) is 0 Å². The number of carbonyl (C=O) groups excluding carboxylic acids is 1. The van der Waals surface area contributed by atoms with Gasteiger partial charge in [0.05, 0.1) is 12.6 Å². The van der Waals surface area contributed by atoms with E-state index in [1.807, 2.05) is 20.2 Å². The Balaban J connectivity index is 2.44. The number of hydrogen-bond donors (Lipinski definition) is 2. The lowest BCUT2D eigenvalue weighted by molar-refractivity contribution is -0.128. The van der Waals surface area contributed by atoms with Crippen molar-refractivity contribution in [1.29, 1.82) is 0 Å². The average Bonchev–Trinajstić information content (AvgIpc) is 2.52. The number of amides is 1. The number of likely N-dealkylation sites (N-methyl/N-ethyl adjacent to an activating group) is 1. The first-order valence-electron chi connectivity index (χ1n) is 5.24. The third kappa shape index (κ3) is 3.09. The number of aliphatic hydroxyl groups excluding tert-OH is 1. The molecule has 1 aliphatic heterocycles. The van der Waals surface area contributed by atoms with Gasteiger partial charge in [0.1, 0.15) is 0 Å². The van der Waals surface area contributed by atoms with E-state index in [0.717, 1.165) is 13.0 Å². The fraction of sp³-hybridized carbons (Fsp3) is 0.900. The summed E-state index contributed by atoms with van der Waals surface area (Å²) in [6.45, 7) is 2.99. The maximum Gasteiger partial charge on any atom is 0.239 e. The lowest BCUT2D eigenvalue weighted by atomic mass is 10.2. The molecule has 3 unspecified atom stereocenters. The van der Waals surface area contributed by atoms with E-state index in [9.17, 15) is 4.79 Å². The largest absolute Gasteiger partial charge is 0.395 e. The van der Waals surface area contributed by atoms with Crippen molar-refractivity contribution in [2.24, 2.45) is 0 Å². The van der Waals surface area contributed by atoms with Gasteiger partial charge in [-0.3, -0.25) is 4.79 Å². The Kier molecular flexibility index (Phi) is 4.89. The van der Waals surface area contributed by atoms with E-state index in [-0.39, 0.29) is 29.8 Å². The summed E-state index contributed by atoms with van der Waals surface area (Å²) in [5.74, 6) is 0.166. The normalized spacial score (nSPS) is 25.7. The minimum Gasteiger partial charge on any atom is -0.395 e. The molecule has 1 fully saturated rings. The van der Waals surface area contributed by atoms with E-state index < -0.39 is 0 Å². The molecule has 0 aromatic carbocycles. The zero-order chi connectivity index (χ0) is 11.4. The van der Waals surface area contributed by atoms with E-state index in [4.69, 9.17) is 5.11 Å². The summed E-state index contributed by atoms with van der Waals surface area (Å²) in [6, 6.07) is 0.0941. The number of rotatable bonds is 5. The van der Waals surface area contributed by atoms with Gasteiger partial charge in [0.2, 0.25) is 5.91 Å². The van der Waals surface area contributed by atoms with Gasteiger partial charge in [-0.2, -0.15) is 11.8 Å². The molecule has 1 saturated heterocycles. The molecule has 1 heterocycles. The predicted molar refractivity (Wildman–Crippen MR) is 63.0 cm³/mol. The summed E-state index contributed by atoms with van der Waals surface area (Å²) in [7, 11) is 1.83. The fourth-order valence-corrected chi connectivity index (χ4v) is 2.47. The van der Waals surface area contributed by atoms with Gasteiger partial charge in [-0.15, -0.1) is 0 Å². The molecule has 15 heavy (non-hydrogen) atoms. The number of carbonyl (C=O) groups is 1. The van der Waals surface area contributed by atoms with E-state index in [2.05, 4.69) is 5.32 Å². The van der Waals surface area contributed by atoms with Crippen LogP contribution in [0.5, 0.6) is 0 Å². The second kappa shape index (κ2) is 5.72. The Bertz CT molecular complexity index is 221. The number of nitrogens with zero attached hydrogens (tertiary/aromatic N) is 1. The zero-order valence-electron chi connectivity index (χ0n) is 9.56. The summed E-state index contributed by atoms with van der Waals surface area (Å²) in [5, 5.41) is 12.6. The van der Waals surface area contributed by atoms with Crippen LogP contribution in [-0.4, -0.2) is 59.7 Å². The molecule has 0 spiro atoms. The van der Waals surface area contributed by atoms with Crippen LogP contribution in [0.4, 0.5) is 0 Å². The van der Waals surface area contributed by atoms with Gasteiger partial charge in [0.25, 0.3) is 0 Å². The highest BCUT2D eigenvalue weighted by Gasteiger charge is 2.31. The topological polar surface area (TPSA) is 52.6 Å². The van der Waals surface area contributed by atoms with Gasteiger partial charge < -0.3 is 15.3 Å². The molecular weight excluding hydrogens is 212 g/mol. The van der Waals surface area contributed by atoms with E-state index in [0.29, 0.717) is 0 Å². The van der Waals surface area contributed by atoms with Gasteiger partial charge in [-0.1, -0.05) is 0 Å². The zero-order valence-corrected chi connectivity index (χ0v) is 10.4. The molecule has 0 radical (unpaired) electrons. The van der Waals surface area contributed by atoms with Gasteiger partial charge in [-0.05, 0) is 19.6 Å². The Hall–Kier alpha value is -0.260. The number of thioether (sulfide) groups is 1. The lowest BCUT2D eigenvalue weighted by Crippen LogP contribution is -2.46. The third-order valence-electron chi connectivity index (χ3n) is 2.93. The highest BCUT2D eigenvalue weighted by atomic mass is 32.2. The standard InChI is InChI=1S/C10H20N2O2S/c1-7(9(6-13)15-3)11-8-4-5-12(2)10(8)14/h7-9,11,13H,4-6H2,1-3H3. The van der Waals surface area contributed by atoms with E-state index >= 15 is 0 Å². The summed E-state index contributed by atoms with van der Waals surface area (Å²) >= 11 is 1.63. The van der Waals surface area contributed by atoms with Crippen LogP contribution in [-0.2, 0) is 4.79 Å². The Labute approximate surface area is 95.4 Å². The highest BCUT2D eigenvalue weighted by Crippen LogP contribution is 2.14. The number of hydrogen-bond acceptors (Lipinski definition) is 4. The van der Waals surface area contributed by atoms with Gasteiger partial charge in [-0.25, -0.2) is 0 Å². The first-order chi connectivity index (χ1) is 7.10. The lowest BCUT2D eigenvalue weighted by Gasteiger charge is -2.24. The van der Waals surface area contributed by atoms with Gasteiger partial charge in [0.15, 0.2) is 0 Å². The van der Waals surface area contributed by atoms with E-state index in [1.165, 1.54) is 0 Å². The minimum atomic E-state index is -0.0637. The van der Waals surface area contributed by atoms with Crippen LogP contribution in [0.2, 0.25) is 0 Å². The summed E-state index contributed by atoms with van der Waals surface area (Å²) in [5.41, 5.74) is 0. The summed E-state index contributed by atoms with van der Waals surface area (Å²) in [6.07, 6.45) is 2.84. The molecule has 3 atom stereocenters. The van der Waals surface area contributed by atoms with E-state index in [1.54, 1.807) is 16.7 Å². The minimum absolute atomic E-state index is 0.0637. The molecule has 1 aliphatic rings. The molecule has 0 aromatic heterocycles. The molecule has 4 nitrogen and oxygen atoms in total. The quantitative estimate of drug-likeness (QED) is 0.696. The first-order valence-corrected chi connectivity index (χ1v) is 6.53. The molecule has 2 N–H and O–H groups in total. The molecule has 1 amide bonds. The van der Waals surface area contributed by atoms with Crippen molar-refractivity contribution < 1.29 is 9.90 Å². The van der Waals surface area contributed by atoms with Crippen molar-refractivity contribution in [3.63, 3.8) is 0 Å². The molecule has 0 saturated carbocycles. The number of nitrogens with one attached hydrogen (secondary N) is 1. The fourth-order valence-electron chi connectivity index (χ4n) is 1.84. The van der Waals surface area contributed by atoms with Crippen LogP contribution in [0.3, 0.4) is 0 Å². The third-order valence-corrected chi connectivity index (χ3v) is 4.09. The second-order valence-corrected chi connectivity index (χ2v) is 5.09. The van der Waals surface area contributed by atoms with Gasteiger partial charge >= 0.3 is 0 Å². The molecule has 0 bridgehead atoms. The Morgan fingerprint density at radius 2 is 2.40 bits per heavy atom. The molecule has 5 heteroatoms. The maximum atomic E-state index is 11.6. The molecule has 88 valence electrons. The molecule has 0 aromatic rings. The van der Waals surface area contributed by atoms with Crippen LogP contribution in [0.1, 0.15) is 13.3 Å². The molecule has 0 aliphatic carbocycles. The smallest absolute Gasteiger partial charge is 0.239 e. The van der Waals surface area contributed by atoms with Crippen LogP contribution >= 0.6 is 11.8 Å². The van der Waals surface area contributed by atoms with Crippen LogP contribution in [0.25, 0.3) is 0 Å². The predicted octanol–water partition coefficient (Wildman–Crippen LogP) is -0.0809. The molecular formula is C10H20N2O2S. The Morgan fingerprint density at radius 3 is 2.80 bits per heavy atom. The summed E-state index contributed by atoms with van der Waals surface area (Å²) < 4.78 is 0. The van der Waals surface area contributed by atoms with Crippen LogP contribution in [0, 0.1) is 0 Å². The van der Waals surface area contributed by atoms with Crippen LogP contribution < -0.4 is 5.32 Å². The SMILES string of the molecule is CSC(CO)C(C)NC1CCN(C)C1=O. The van der Waals surface area contributed by atoms with Crippen molar-refractivity contribution in [2.75, 3.05) is 26.5 Å². The maximum absolute atomic E-state index is 11.6.